The molecule has 130 valence electrons. The Kier molecular flexibility index (Phi) is 9.88. The third-order valence-electron chi connectivity index (χ3n) is 3.66. The predicted molar refractivity (Wildman–Crippen MR) is 99.7 cm³/mol. The van der Waals surface area contributed by atoms with E-state index < -0.39 is 0 Å². The van der Waals surface area contributed by atoms with Gasteiger partial charge in [0.2, 0.25) is 5.91 Å². The summed E-state index contributed by atoms with van der Waals surface area (Å²) in [5.41, 5.74) is 2.18. The molecule has 0 fully saturated rings. The van der Waals surface area contributed by atoms with Crippen molar-refractivity contribution in [3.63, 3.8) is 0 Å². The lowest BCUT2D eigenvalue weighted by molar-refractivity contribution is -0.124. The van der Waals surface area contributed by atoms with Gasteiger partial charge < -0.3 is 15.2 Å². The number of rotatable bonds is 7. The summed E-state index contributed by atoms with van der Waals surface area (Å²) >= 11 is 0. The number of para-hydroxylation sites is 2. The van der Waals surface area contributed by atoms with Crippen LogP contribution in [0.25, 0.3) is 11.0 Å². The second kappa shape index (κ2) is 10.5. The fourth-order valence-corrected chi connectivity index (χ4v) is 2.54. The van der Waals surface area contributed by atoms with Crippen LogP contribution in [0.1, 0.15) is 19.7 Å². The Hall–Kier alpha value is -1.30. The number of imidazole rings is 1. The summed E-state index contributed by atoms with van der Waals surface area (Å²) in [7, 11) is 1.85. The maximum absolute atomic E-state index is 11.9. The van der Waals surface area contributed by atoms with Gasteiger partial charge in [0.05, 0.1) is 11.0 Å². The number of aryl methyl sites for hydroxylation is 1. The van der Waals surface area contributed by atoms with Gasteiger partial charge in [-0.05, 0) is 26.1 Å². The van der Waals surface area contributed by atoms with Gasteiger partial charge in [0.25, 0.3) is 0 Å². The zero-order valence-electron chi connectivity index (χ0n) is 13.8. The van der Waals surface area contributed by atoms with Gasteiger partial charge >= 0.3 is 0 Å². The van der Waals surface area contributed by atoms with Crippen molar-refractivity contribution in [3.05, 3.63) is 30.1 Å². The van der Waals surface area contributed by atoms with Crippen LogP contribution in [0, 0.1) is 5.92 Å². The molecule has 0 spiro atoms. The molecule has 1 atom stereocenters. The smallest absolute Gasteiger partial charge is 0.224 e. The van der Waals surface area contributed by atoms with E-state index in [0.29, 0.717) is 13.1 Å². The maximum Gasteiger partial charge on any atom is 0.224 e. The molecule has 2 rings (SSSR count). The van der Waals surface area contributed by atoms with Crippen LogP contribution in [-0.2, 0) is 17.8 Å². The van der Waals surface area contributed by atoms with Crippen molar-refractivity contribution in [1.82, 2.24) is 20.2 Å². The van der Waals surface area contributed by atoms with E-state index in [9.17, 15) is 4.79 Å². The molecule has 2 aromatic rings. The molecule has 0 saturated heterocycles. The first kappa shape index (κ1) is 21.7. The molecule has 0 aliphatic rings. The number of nitrogens with zero attached hydrogens (tertiary/aromatic N) is 2. The lowest BCUT2D eigenvalue weighted by Crippen LogP contribution is -2.35. The third kappa shape index (κ3) is 5.37. The fraction of sp³-hybridized carbons (Fsp3) is 0.500. The van der Waals surface area contributed by atoms with E-state index >= 15 is 0 Å². The lowest BCUT2D eigenvalue weighted by atomic mass is 10.1. The molecule has 0 radical (unpaired) electrons. The number of carbonyl (C=O) groups is 1. The molecule has 0 saturated carbocycles. The minimum absolute atomic E-state index is 0. The number of nitrogens with one attached hydrogen (secondary N) is 2. The highest BCUT2D eigenvalue weighted by Crippen LogP contribution is 2.15. The van der Waals surface area contributed by atoms with Crippen LogP contribution < -0.4 is 10.6 Å². The average molecular weight is 361 g/mol. The van der Waals surface area contributed by atoms with Gasteiger partial charge in [0.1, 0.15) is 5.82 Å². The highest BCUT2D eigenvalue weighted by molar-refractivity contribution is 5.85. The van der Waals surface area contributed by atoms with E-state index in [0.717, 1.165) is 29.8 Å². The second-order valence-corrected chi connectivity index (χ2v) is 5.26. The number of amides is 1. The van der Waals surface area contributed by atoms with E-state index in [1.165, 1.54) is 0 Å². The molecule has 0 bridgehead atoms. The van der Waals surface area contributed by atoms with E-state index in [1.807, 2.05) is 32.2 Å². The van der Waals surface area contributed by atoms with E-state index in [2.05, 4.69) is 33.2 Å². The number of fused-ring (bicyclic) bond motifs is 1. The molecule has 23 heavy (non-hydrogen) atoms. The van der Waals surface area contributed by atoms with Crippen LogP contribution in [0.15, 0.2) is 24.3 Å². The number of halogens is 2. The van der Waals surface area contributed by atoms with Crippen LogP contribution in [0.3, 0.4) is 0 Å². The van der Waals surface area contributed by atoms with Crippen LogP contribution in [0.5, 0.6) is 0 Å². The number of aromatic nitrogens is 2. The minimum Gasteiger partial charge on any atom is -0.355 e. The zero-order chi connectivity index (χ0) is 15.2. The number of benzene rings is 1. The second-order valence-electron chi connectivity index (χ2n) is 5.26. The quantitative estimate of drug-likeness (QED) is 0.796. The molecule has 1 unspecified atom stereocenters. The number of hydrogen-bond donors (Lipinski definition) is 2. The maximum atomic E-state index is 11.9. The van der Waals surface area contributed by atoms with Crippen molar-refractivity contribution in [3.8, 4) is 0 Å². The van der Waals surface area contributed by atoms with Gasteiger partial charge in [0.15, 0.2) is 0 Å². The normalized spacial score (nSPS) is 11.4. The van der Waals surface area contributed by atoms with Crippen LogP contribution in [0.2, 0.25) is 0 Å². The van der Waals surface area contributed by atoms with Gasteiger partial charge in [-0.2, -0.15) is 0 Å². The zero-order valence-corrected chi connectivity index (χ0v) is 15.5. The standard InChI is InChI=1S/C16H24N4O.2ClH/c1-4-20-14-8-6-5-7-13(14)19-15(20)9-10-18-16(21)12(2)11-17-3;;/h5-8,12,17H,4,9-11H2,1-3H3,(H,18,21);2*1H. The molecule has 1 aromatic carbocycles. The SMILES string of the molecule is CCn1c(CCNC(=O)C(C)CNC)nc2ccccc21.Cl.Cl. The molecule has 1 heterocycles. The van der Waals surface area contributed by atoms with Crippen molar-refractivity contribution in [1.29, 1.82) is 0 Å². The predicted octanol–water partition coefficient (Wildman–Crippen LogP) is 2.41. The Labute approximate surface area is 150 Å². The summed E-state index contributed by atoms with van der Waals surface area (Å²) in [6.45, 7) is 6.24. The lowest BCUT2D eigenvalue weighted by Gasteiger charge is -2.11. The van der Waals surface area contributed by atoms with Crippen molar-refractivity contribution < 1.29 is 4.79 Å². The molecule has 0 aliphatic carbocycles. The first-order valence-corrected chi connectivity index (χ1v) is 7.53. The van der Waals surface area contributed by atoms with E-state index in [-0.39, 0.29) is 36.6 Å². The monoisotopic (exact) mass is 360 g/mol. The largest absolute Gasteiger partial charge is 0.355 e. The third-order valence-corrected chi connectivity index (χ3v) is 3.66. The van der Waals surface area contributed by atoms with E-state index in [4.69, 9.17) is 0 Å². The van der Waals surface area contributed by atoms with Gasteiger partial charge in [-0.3, -0.25) is 4.79 Å². The van der Waals surface area contributed by atoms with Crippen molar-refractivity contribution in [2.75, 3.05) is 20.1 Å². The van der Waals surface area contributed by atoms with Gasteiger partial charge in [-0.15, -0.1) is 24.8 Å². The molecular weight excluding hydrogens is 335 g/mol. The van der Waals surface area contributed by atoms with Crippen LogP contribution in [-0.4, -0.2) is 35.6 Å². The highest BCUT2D eigenvalue weighted by atomic mass is 35.5. The van der Waals surface area contributed by atoms with Crippen molar-refractivity contribution in [2.45, 2.75) is 26.8 Å². The molecule has 1 amide bonds. The molecule has 7 heteroatoms. The molecule has 2 N–H and O–H groups in total. The van der Waals surface area contributed by atoms with Gasteiger partial charge in [-0.25, -0.2) is 4.98 Å². The molecule has 1 aromatic heterocycles. The molecule has 5 nitrogen and oxygen atoms in total. The molecule has 0 aliphatic heterocycles. The Bertz CT molecular complexity index is 615. The Morgan fingerprint density at radius 1 is 1.30 bits per heavy atom. The van der Waals surface area contributed by atoms with Gasteiger partial charge in [-0.1, -0.05) is 19.1 Å². The Morgan fingerprint density at radius 2 is 2.00 bits per heavy atom. The van der Waals surface area contributed by atoms with E-state index in [1.54, 1.807) is 0 Å². The summed E-state index contributed by atoms with van der Waals surface area (Å²) in [6, 6.07) is 8.14. The minimum atomic E-state index is -0.0139. The first-order valence-electron chi connectivity index (χ1n) is 7.53. The summed E-state index contributed by atoms with van der Waals surface area (Å²) in [5, 5.41) is 5.99. The summed E-state index contributed by atoms with van der Waals surface area (Å²) in [4.78, 5) is 16.5. The average Bonchev–Trinajstić information content (AvgIpc) is 2.84. The summed E-state index contributed by atoms with van der Waals surface area (Å²) in [5.74, 6) is 1.10. The molecular formula is C16H26Cl2N4O. The fourth-order valence-electron chi connectivity index (χ4n) is 2.54. The Balaban J connectivity index is 0.00000242. The highest BCUT2D eigenvalue weighted by Gasteiger charge is 2.12. The van der Waals surface area contributed by atoms with Crippen LogP contribution >= 0.6 is 24.8 Å². The van der Waals surface area contributed by atoms with Crippen LogP contribution in [0.4, 0.5) is 0 Å². The van der Waals surface area contributed by atoms with Gasteiger partial charge in [0, 0.05) is 32.0 Å². The van der Waals surface area contributed by atoms with Crippen molar-refractivity contribution in [2.24, 2.45) is 5.92 Å². The number of carbonyl (C=O) groups excluding carboxylic acids is 1. The summed E-state index contributed by atoms with van der Waals surface area (Å²) < 4.78 is 2.21. The summed E-state index contributed by atoms with van der Waals surface area (Å²) in [6.07, 6.45) is 0.751. The number of hydrogen-bond acceptors (Lipinski definition) is 3. The van der Waals surface area contributed by atoms with Crippen molar-refractivity contribution >= 4 is 41.8 Å². The Morgan fingerprint density at radius 3 is 2.65 bits per heavy atom. The topological polar surface area (TPSA) is 59.0 Å². The first-order chi connectivity index (χ1) is 10.2.